The number of hydrogen-bond acceptors (Lipinski definition) is 6. The molecule has 3 aromatic rings. The molecule has 31 heavy (non-hydrogen) atoms. The van der Waals surface area contributed by atoms with Crippen molar-refractivity contribution in [3.63, 3.8) is 0 Å². The van der Waals surface area contributed by atoms with Crippen molar-refractivity contribution in [1.29, 1.82) is 0 Å². The lowest BCUT2D eigenvalue weighted by atomic mass is 10.1. The molecule has 0 aromatic heterocycles. The van der Waals surface area contributed by atoms with E-state index in [1.165, 1.54) is 6.21 Å². The number of methoxy groups -OCH3 is 1. The van der Waals surface area contributed by atoms with Crippen molar-refractivity contribution in [3.05, 3.63) is 94.0 Å². The molecule has 0 spiro atoms. The Bertz CT molecular complexity index is 1080. The van der Waals surface area contributed by atoms with E-state index in [9.17, 15) is 14.7 Å². The summed E-state index contributed by atoms with van der Waals surface area (Å²) in [5.41, 5.74) is 3.54. The Kier molecular flexibility index (Phi) is 7.53. The quantitative estimate of drug-likeness (QED) is 0.230. The van der Waals surface area contributed by atoms with Gasteiger partial charge in [0.25, 0.3) is 5.91 Å². The van der Waals surface area contributed by atoms with Gasteiger partial charge in [-0.3, -0.25) is 4.79 Å². The van der Waals surface area contributed by atoms with Gasteiger partial charge in [-0.2, -0.15) is 5.10 Å². The Morgan fingerprint density at radius 3 is 2.45 bits per heavy atom. The van der Waals surface area contributed by atoms with Crippen LogP contribution in [0.15, 0.2) is 82.4 Å². The third-order valence-corrected chi connectivity index (χ3v) is 4.74. The fourth-order valence-electron chi connectivity index (χ4n) is 2.61. The van der Waals surface area contributed by atoms with E-state index in [1.807, 2.05) is 0 Å². The van der Waals surface area contributed by atoms with Crippen molar-refractivity contribution in [2.75, 3.05) is 7.11 Å². The predicted octanol–water partition coefficient (Wildman–Crippen LogP) is 3.86. The van der Waals surface area contributed by atoms with Crippen molar-refractivity contribution in [1.82, 2.24) is 5.43 Å². The predicted molar refractivity (Wildman–Crippen MR) is 119 cm³/mol. The van der Waals surface area contributed by atoms with Gasteiger partial charge in [-0.15, -0.1) is 0 Å². The molecule has 0 saturated heterocycles. The first kappa shape index (κ1) is 22.2. The number of ether oxygens (including phenoxy) is 2. The molecular weight excluding hydrogens is 464 g/mol. The molecule has 1 amide bonds. The second kappa shape index (κ2) is 10.5. The van der Waals surface area contributed by atoms with E-state index in [2.05, 4.69) is 26.5 Å². The lowest BCUT2D eigenvalue weighted by Crippen LogP contribution is -2.25. The molecule has 2 N–H and O–H groups in total. The van der Waals surface area contributed by atoms with Gasteiger partial charge in [0.1, 0.15) is 11.5 Å². The molecule has 0 radical (unpaired) electrons. The number of esters is 1. The second-order valence-corrected chi connectivity index (χ2v) is 7.26. The van der Waals surface area contributed by atoms with Crippen LogP contribution in [0.3, 0.4) is 0 Å². The summed E-state index contributed by atoms with van der Waals surface area (Å²) in [5, 5.41) is 14.0. The molecule has 0 bridgehead atoms. The maximum atomic E-state index is 12.5. The summed E-state index contributed by atoms with van der Waals surface area (Å²) in [6, 6.07) is 20.0. The SMILES string of the molecule is COc1ccc(C(=O)Oc2ccc(Br)cc2C=NNC(=O)C(O)c2ccccc2)cc1. The summed E-state index contributed by atoms with van der Waals surface area (Å²) in [4.78, 5) is 24.6. The van der Waals surface area contributed by atoms with Gasteiger partial charge in [0.2, 0.25) is 0 Å². The molecule has 8 heteroatoms. The summed E-state index contributed by atoms with van der Waals surface area (Å²) in [7, 11) is 1.54. The summed E-state index contributed by atoms with van der Waals surface area (Å²) in [6.07, 6.45) is -0.0231. The molecule has 0 aliphatic carbocycles. The number of hydrogen-bond donors (Lipinski definition) is 2. The number of halogens is 1. The summed E-state index contributed by atoms with van der Waals surface area (Å²) >= 11 is 3.35. The Balaban J connectivity index is 1.70. The first-order valence-electron chi connectivity index (χ1n) is 9.19. The Morgan fingerprint density at radius 2 is 1.77 bits per heavy atom. The van der Waals surface area contributed by atoms with Crippen LogP contribution in [0.1, 0.15) is 27.6 Å². The largest absolute Gasteiger partial charge is 0.497 e. The lowest BCUT2D eigenvalue weighted by Gasteiger charge is -2.10. The van der Waals surface area contributed by atoms with Crippen LogP contribution in [0.2, 0.25) is 0 Å². The van der Waals surface area contributed by atoms with Gasteiger partial charge in [-0.1, -0.05) is 46.3 Å². The molecule has 1 atom stereocenters. The number of nitrogens with zero attached hydrogens (tertiary/aromatic N) is 1. The summed E-state index contributed by atoms with van der Waals surface area (Å²) in [6.45, 7) is 0. The number of carbonyl (C=O) groups excluding carboxylic acids is 2. The fraction of sp³-hybridized carbons (Fsp3) is 0.0870. The van der Waals surface area contributed by atoms with E-state index in [1.54, 1.807) is 79.9 Å². The van der Waals surface area contributed by atoms with Crippen LogP contribution in [0.25, 0.3) is 0 Å². The lowest BCUT2D eigenvalue weighted by molar-refractivity contribution is -0.129. The normalized spacial score (nSPS) is 11.7. The number of nitrogens with one attached hydrogen (secondary N) is 1. The third-order valence-electron chi connectivity index (χ3n) is 4.24. The smallest absolute Gasteiger partial charge is 0.343 e. The van der Waals surface area contributed by atoms with Crippen LogP contribution in [0.4, 0.5) is 0 Å². The zero-order valence-electron chi connectivity index (χ0n) is 16.5. The van der Waals surface area contributed by atoms with Gasteiger partial charge in [0, 0.05) is 10.0 Å². The van der Waals surface area contributed by atoms with Crippen molar-refractivity contribution in [2.45, 2.75) is 6.10 Å². The highest BCUT2D eigenvalue weighted by Crippen LogP contribution is 2.23. The highest BCUT2D eigenvalue weighted by atomic mass is 79.9. The van der Waals surface area contributed by atoms with Crippen molar-refractivity contribution in [2.24, 2.45) is 5.10 Å². The molecular formula is C23H19BrN2O5. The van der Waals surface area contributed by atoms with Crippen LogP contribution >= 0.6 is 15.9 Å². The number of aliphatic hydroxyl groups excluding tert-OH is 1. The highest BCUT2D eigenvalue weighted by molar-refractivity contribution is 9.10. The second-order valence-electron chi connectivity index (χ2n) is 6.35. The number of hydrazone groups is 1. The average Bonchev–Trinajstić information content (AvgIpc) is 2.80. The van der Waals surface area contributed by atoms with E-state index >= 15 is 0 Å². The van der Waals surface area contributed by atoms with Crippen LogP contribution < -0.4 is 14.9 Å². The molecule has 0 aliphatic rings. The first-order chi connectivity index (χ1) is 15.0. The molecule has 0 aliphatic heterocycles. The first-order valence-corrected chi connectivity index (χ1v) is 9.99. The van der Waals surface area contributed by atoms with E-state index in [0.29, 0.717) is 22.4 Å². The average molecular weight is 483 g/mol. The van der Waals surface area contributed by atoms with Crippen molar-refractivity contribution < 1.29 is 24.2 Å². The van der Waals surface area contributed by atoms with Gasteiger partial charge >= 0.3 is 5.97 Å². The zero-order chi connectivity index (χ0) is 22.2. The van der Waals surface area contributed by atoms with Crippen LogP contribution in [0, 0.1) is 0 Å². The Hall–Kier alpha value is -3.49. The van der Waals surface area contributed by atoms with Gasteiger partial charge in [-0.25, -0.2) is 10.2 Å². The minimum Gasteiger partial charge on any atom is -0.497 e. The number of benzene rings is 3. The molecule has 3 aromatic carbocycles. The van der Waals surface area contributed by atoms with E-state index in [-0.39, 0.29) is 5.75 Å². The number of aliphatic hydroxyl groups is 1. The summed E-state index contributed by atoms with van der Waals surface area (Å²) < 4.78 is 11.3. The van der Waals surface area contributed by atoms with Gasteiger partial charge in [0.15, 0.2) is 6.10 Å². The van der Waals surface area contributed by atoms with E-state index in [4.69, 9.17) is 9.47 Å². The minimum atomic E-state index is -1.35. The van der Waals surface area contributed by atoms with E-state index in [0.717, 1.165) is 4.47 Å². The van der Waals surface area contributed by atoms with Crippen LogP contribution in [-0.4, -0.2) is 30.3 Å². The maximum Gasteiger partial charge on any atom is 0.343 e. The van der Waals surface area contributed by atoms with Crippen LogP contribution in [0.5, 0.6) is 11.5 Å². The van der Waals surface area contributed by atoms with Crippen LogP contribution in [-0.2, 0) is 4.79 Å². The van der Waals surface area contributed by atoms with Crippen molar-refractivity contribution in [3.8, 4) is 11.5 Å². The van der Waals surface area contributed by atoms with Gasteiger partial charge < -0.3 is 14.6 Å². The molecule has 0 heterocycles. The number of amides is 1. The molecule has 0 fully saturated rings. The fourth-order valence-corrected chi connectivity index (χ4v) is 2.99. The standard InChI is InChI=1S/C23H19BrN2O5/c1-30-19-10-7-16(8-11-19)23(29)31-20-12-9-18(24)13-17(20)14-25-26-22(28)21(27)15-5-3-2-4-6-15/h2-14,21,27H,1H3,(H,26,28). The minimum absolute atomic E-state index is 0.255. The highest BCUT2D eigenvalue weighted by Gasteiger charge is 2.16. The Labute approximate surface area is 187 Å². The molecule has 158 valence electrons. The third kappa shape index (κ3) is 6.00. The molecule has 7 nitrogen and oxygen atoms in total. The summed E-state index contributed by atoms with van der Waals surface area (Å²) in [5.74, 6) is -0.357. The zero-order valence-corrected chi connectivity index (χ0v) is 18.1. The van der Waals surface area contributed by atoms with Gasteiger partial charge in [-0.05, 0) is 48.0 Å². The maximum absolute atomic E-state index is 12.5. The van der Waals surface area contributed by atoms with Gasteiger partial charge in [0.05, 0.1) is 18.9 Å². The van der Waals surface area contributed by atoms with E-state index < -0.39 is 18.0 Å². The number of rotatable bonds is 7. The molecule has 1 unspecified atom stereocenters. The number of carbonyl (C=O) groups is 2. The molecule has 3 rings (SSSR count). The monoisotopic (exact) mass is 482 g/mol. The van der Waals surface area contributed by atoms with Crippen molar-refractivity contribution >= 4 is 34.0 Å². The Morgan fingerprint density at radius 1 is 1.06 bits per heavy atom. The topological polar surface area (TPSA) is 97.2 Å². The molecule has 0 saturated carbocycles.